The van der Waals surface area contributed by atoms with Gasteiger partial charge in [-0.2, -0.15) is 0 Å². The highest BCUT2D eigenvalue weighted by Gasteiger charge is 2.61. The molecule has 2 fully saturated rings. The van der Waals surface area contributed by atoms with Crippen molar-refractivity contribution >= 4 is 5.78 Å². The molecule has 0 aromatic heterocycles. The maximum absolute atomic E-state index is 12.8. The van der Waals surface area contributed by atoms with Crippen molar-refractivity contribution in [2.24, 2.45) is 29.1 Å². The minimum atomic E-state index is -0.413. The lowest BCUT2D eigenvalue weighted by Crippen LogP contribution is -2.48. The zero-order chi connectivity index (χ0) is 16.1. The van der Waals surface area contributed by atoms with Gasteiger partial charge in [-0.3, -0.25) is 4.79 Å². The van der Waals surface area contributed by atoms with E-state index in [0.29, 0.717) is 42.3 Å². The standard InChI is InChI=1S/C19H30O3/c1-11(2)13-7-6-12(3)16-14-10-15(21)19(4,8-5-9-20)18(22-14)17(13)16/h6,11,13-14,16-18,20H,5,7-10H2,1-4H3/t13-,14-,16-,17-,18-,19+/m1/s1. The molecule has 6 atom stereocenters. The predicted molar refractivity (Wildman–Crippen MR) is 86.4 cm³/mol. The normalized spacial score (nSPS) is 44.2. The minimum Gasteiger partial charge on any atom is -0.396 e. The quantitative estimate of drug-likeness (QED) is 0.810. The molecule has 1 N–H and O–H groups in total. The van der Waals surface area contributed by atoms with Crippen molar-refractivity contribution in [3.8, 4) is 0 Å². The van der Waals surface area contributed by atoms with E-state index in [1.807, 2.05) is 0 Å². The molecule has 0 aromatic carbocycles. The monoisotopic (exact) mass is 306 g/mol. The maximum Gasteiger partial charge on any atom is 0.143 e. The summed E-state index contributed by atoms with van der Waals surface area (Å²) in [6.07, 6.45) is 5.60. The van der Waals surface area contributed by atoms with Gasteiger partial charge in [0.2, 0.25) is 0 Å². The van der Waals surface area contributed by atoms with Crippen molar-refractivity contribution in [1.29, 1.82) is 0 Å². The van der Waals surface area contributed by atoms with Crippen LogP contribution < -0.4 is 0 Å². The Bertz CT molecular complexity index is 481. The zero-order valence-corrected chi connectivity index (χ0v) is 14.3. The Kier molecular flexibility index (Phi) is 4.24. The van der Waals surface area contributed by atoms with E-state index >= 15 is 0 Å². The van der Waals surface area contributed by atoms with Crippen LogP contribution in [0.4, 0.5) is 0 Å². The molecule has 0 radical (unpaired) electrons. The van der Waals surface area contributed by atoms with Crippen molar-refractivity contribution in [3.63, 3.8) is 0 Å². The van der Waals surface area contributed by atoms with Crippen LogP contribution in [0.5, 0.6) is 0 Å². The van der Waals surface area contributed by atoms with E-state index in [0.717, 1.165) is 12.8 Å². The molecule has 0 amide bonds. The second-order valence-corrected chi connectivity index (χ2v) is 8.16. The summed E-state index contributed by atoms with van der Waals surface area (Å²) in [5.41, 5.74) is 1.01. The summed E-state index contributed by atoms with van der Waals surface area (Å²) < 4.78 is 6.43. The van der Waals surface area contributed by atoms with Crippen LogP contribution in [0.1, 0.15) is 53.4 Å². The summed E-state index contributed by atoms with van der Waals surface area (Å²) >= 11 is 0. The summed E-state index contributed by atoms with van der Waals surface area (Å²) in [6.45, 7) is 9.05. The Morgan fingerprint density at radius 1 is 1.45 bits per heavy atom. The fourth-order valence-corrected chi connectivity index (χ4v) is 5.27. The molecule has 3 heteroatoms. The Morgan fingerprint density at radius 2 is 2.18 bits per heavy atom. The summed E-state index contributed by atoms with van der Waals surface area (Å²) in [5.74, 6) is 2.45. The fraction of sp³-hybridized carbons (Fsp3) is 0.842. The number of fused-ring (bicyclic) bond motifs is 5. The molecular weight excluding hydrogens is 276 g/mol. The smallest absolute Gasteiger partial charge is 0.143 e. The Morgan fingerprint density at radius 3 is 2.82 bits per heavy atom. The molecule has 0 unspecified atom stereocenters. The van der Waals surface area contributed by atoms with E-state index in [-0.39, 0.29) is 18.8 Å². The lowest BCUT2D eigenvalue weighted by molar-refractivity contribution is -0.155. The SMILES string of the molecule is CC1=CC[C@H](C(C)C)[C@@H]2[C@H]1[C@H]1CC(=O)[C@](C)(CCCO)[C@@H]2O1. The number of aliphatic hydroxyl groups is 1. The van der Waals surface area contributed by atoms with Gasteiger partial charge in [0.25, 0.3) is 0 Å². The highest BCUT2D eigenvalue weighted by molar-refractivity contribution is 5.87. The molecule has 0 saturated carbocycles. The molecule has 3 aliphatic rings. The third kappa shape index (κ3) is 2.28. The van der Waals surface area contributed by atoms with Crippen LogP contribution in [0.15, 0.2) is 11.6 Å². The van der Waals surface area contributed by atoms with Gasteiger partial charge in [-0.25, -0.2) is 0 Å². The van der Waals surface area contributed by atoms with E-state index in [1.54, 1.807) is 0 Å². The van der Waals surface area contributed by atoms with E-state index in [1.165, 1.54) is 5.57 Å². The number of ether oxygens (including phenoxy) is 1. The van der Waals surface area contributed by atoms with Gasteiger partial charge in [0, 0.05) is 18.9 Å². The first-order chi connectivity index (χ1) is 10.4. The molecule has 0 aromatic rings. The molecule has 124 valence electrons. The number of hydrogen-bond acceptors (Lipinski definition) is 3. The van der Waals surface area contributed by atoms with Crippen molar-refractivity contribution in [2.75, 3.05) is 6.61 Å². The number of carbonyl (C=O) groups excluding carboxylic acids is 1. The first-order valence-corrected chi connectivity index (χ1v) is 8.86. The summed E-state index contributed by atoms with van der Waals surface area (Å²) in [7, 11) is 0. The van der Waals surface area contributed by atoms with Gasteiger partial charge in [0.05, 0.1) is 17.6 Å². The number of carbonyl (C=O) groups is 1. The van der Waals surface area contributed by atoms with Crippen LogP contribution in [-0.2, 0) is 9.53 Å². The molecule has 3 rings (SSSR count). The molecule has 22 heavy (non-hydrogen) atoms. The average Bonchev–Trinajstić information content (AvgIpc) is 2.81. The molecule has 2 aliphatic heterocycles. The molecule has 2 heterocycles. The van der Waals surface area contributed by atoms with Gasteiger partial charge < -0.3 is 9.84 Å². The molecule has 2 bridgehead atoms. The third-order valence-corrected chi connectivity index (χ3v) is 6.58. The van der Waals surface area contributed by atoms with Gasteiger partial charge >= 0.3 is 0 Å². The van der Waals surface area contributed by atoms with Crippen LogP contribution in [0.25, 0.3) is 0 Å². The van der Waals surface area contributed by atoms with Crippen LogP contribution in [-0.4, -0.2) is 29.7 Å². The van der Waals surface area contributed by atoms with Gasteiger partial charge in [-0.1, -0.05) is 32.4 Å². The number of allylic oxidation sites excluding steroid dienone is 1. The fourth-order valence-electron chi connectivity index (χ4n) is 5.27. The van der Waals surface area contributed by atoms with Gasteiger partial charge in [0.15, 0.2) is 0 Å². The van der Waals surface area contributed by atoms with Gasteiger partial charge in [-0.15, -0.1) is 0 Å². The molecular formula is C19H30O3. The number of Topliss-reactive ketones (excluding diaryl/α,β-unsaturated/α-hetero) is 1. The molecule has 2 saturated heterocycles. The summed E-state index contributed by atoms with van der Waals surface area (Å²) in [6, 6.07) is 0. The van der Waals surface area contributed by atoms with Crippen molar-refractivity contribution in [3.05, 3.63) is 11.6 Å². The van der Waals surface area contributed by atoms with E-state index in [4.69, 9.17) is 4.74 Å². The van der Waals surface area contributed by atoms with E-state index in [9.17, 15) is 9.90 Å². The van der Waals surface area contributed by atoms with Crippen LogP contribution in [0.2, 0.25) is 0 Å². The molecule has 3 nitrogen and oxygen atoms in total. The molecule has 1 aliphatic carbocycles. The van der Waals surface area contributed by atoms with Crippen molar-refractivity contribution < 1.29 is 14.6 Å². The van der Waals surface area contributed by atoms with Gasteiger partial charge in [0.1, 0.15) is 5.78 Å². The Balaban J connectivity index is 1.98. The minimum absolute atomic E-state index is 0.0337. The Labute approximate surface area is 134 Å². The second kappa shape index (κ2) is 5.76. The molecule has 0 spiro atoms. The lowest BCUT2D eigenvalue weighted by atomic mass is 9.62. The van der Waals surface area contributed by atoms with Crippen LogP contribution >= 0.6 is 0 Å². The number of rotatable bonds is 4. The average molecular weight is 306 g/mol. The summed E-state index contributed by atoms with van der Waals surface area (Å²) in [5, 5.41) is 9.22. The van der Waals surface area contributed by atoms with Crippen molar-refractivity contribution in [1.82, 2.24) is 0 Å². The van der Waals surface area contributed by atoms with Crippen LogP contribution in [0, 0.1) is 29.1 Å². The zero-order valence-electron chi connectivity index (χ0n) is 14.3. The largest absolute Gasteiger partial charge is 0.396 e. The predicted octanol–water partition coefficient (Wildman–Crippen LogP) is 3.36. The lowest BCUT2D eigenvalue weighted by Gasteiger charge is -2.43. The highest BCUT2D eigenvalue weighted by Crippen LogP contribution is 2.57. The third-order valence-electron chi connectivity index (χ3n) is 6.58. The Hall–Kier alpha value is -0.670. The number of ketones is 1. The number of aliphatic hydroxyl groups excluding tert-OH is 1. The topological polar surface area (TPSA) is 46.5 Å². The van der Waals surface area contributed by atoms with Crippen LogP contribution in [0.3, 0.4) is 0 Å². The second-order valence-electron chi connectivity index (χ2n) is 8.16. The first kappa shape index (κ1) is 16.2. The van der Waals surface area contributed by atoms with Crippen molar-refractivity contribution in [2.45, 2.75) is 65.6 Å². The summed E-state index contributed by atoms with van der Waals surface area (Å²) in [4.78, 5) is 12.8. The maximum atomic E-state index is 12.8. The first-order valence-electron chi connectivity index (χ1n) is 8.86. The van der Waals surface area contributed by atoms with E-state index in [2.05, 4.69) is 33.8 Å². The van der Waals surface area contributed by atoms with E-state index < -0.39 is 5.41 Å². The highest BCUT2D eigenvalue weighted by atomic mass is 16.5. The van der Waals surface area contributed by atoms with Gasteiger partial charge in [-0.05, 0) is 43.9 Å². The number of hydrogen-bond donors (Lipinski definition) is 1.